The third kappa shape index (κ3) is 5.47. The Kier molecular flexibility index (Phi) is 6.28. The molecule has 1 N–H and O–H groups in total. The van der Waals surface area contributed by atoms with Crippen LogP contribution >= 0.6 is 11.8 Å². The highest BCUT2D eigenvalue weighted by Crippen LogP contribution is 2.33. The Bertz CT molecular complexity index is 373. The maximum absolute atomic E-state index is 10.6. The van der Waals surface area contributed by atoms with Crippen molar-refractivity contribution in [3.05, 3.63) is 20.2 Å². The lowest BCUT2D eigenvalue weighted by molar-refractivity contribution is -0.798. The molecule has 11 heteroatoms. The molecule has 0 bridgehead atoms. The smallest absolute Gasteiger partial charge is 0.303 e. The third-order valence-corrected chi connectivity index (χ3v) is 4.23. The van der Waals surface area contributed by atoms with Crippen LogP contribution in [0.25, 0.3) is 0 Å². The molecule has 3 unspecified atom stereocenters. The predicted molar refractivity (Wildman–Crippen MR) is 66.1 cm³/mol. The standard InChI is InChI=1S/C9H14N2O8S/c12-8(13)4-3-6(18-10(14)15)9(19-11(16)17)7-2-1-5-20-7/h6-7,9H,1-5H2,(H,12,13). The normalized spacial score (nSPS) is 20.9. The van der Waals surface area contributed by atoms with E-state index in [0.29, 0.717) is 6.42 Å². The average Bonchev–Trinajstić information content (AvgIpc) is 2.84. The zero-order valence-electron chi connectivity index (χ0n) is 10.4. The van der Waals surface area contributed by atoms with Gasteiger partial charge in [0, 0.05) is 11.7 Å². The van der Waals surface area contributed by atoms with Crippen LogP contribution in [0, 0.1) is 20.2 Å². The molecular formula is C9H14N2O8S. The molecule has 0 aromatic heterocycles. The Morgan fingerprint density at radius 2 is 2.00 bits per heavy atom. The molecule has 0 aliphatic carbocycles. The molecule has 0 aromatic carbocycles. The number of carbonyl (C=O) groups is 1. The average molecular weight is 310 g/mol. The Balaban J connectivity index is 2.79. The summed E-state index contributed by atoms with van der Waals surface area (Å²) >= 11 is 1.40. The fourth-order valence-corrected chi connectivity index (χ4v) is 3.37. The van der Waals surface area contributed by atoms with Crippen LogP contribution in [0.2, 0.25) is 0 Å². The summed E-state index contributed by atoms with van der Waals surface area (Å²) in [4.78, 5) is 40.4. The molecule has 0 amide bonds. The minimum atomic E-state index is -1.28. The monoisotopic (exact) mass is 310 g/mol. The van der Waals surface area contributed by atoms with Crippen LogP contribution in [0.3, 0.4) is 0 Å². The first-order chi connectivity index (χ1) is 9.40. The highest BCUT2D eigenvalue weighted by molar-refractivity contribution is 8.00. The maximum atomic E-state index is 10.6. The van der Waals surface area contributed by atoms with Gasteiger partial charge in [0.25, 0.3) is 10.2 Å². The molecule has 0 spiro atoms. The lowest BCUT2D eigenvalue weighted by atomic mass is 10.0. The second-order valence-corrected chi connectivity index (χ2v) is 5.49. The second-order valence-electron chi connectivity index (χ2n) is 4.14. The van der Waals surface area contributed by atoms with Crippen molar-refractivity contribution in [2.24, 2.45) is 0 Å². The van der Waals surface area contributed by atoms with Crippen LogP contribution in [0.5, 0.6) is 0 Å². The van der Waals surface area contributed by atoms with Crippen LogP contribution in [-0.2, 0) is 14.5 Å². The van der Waals surface area contributed by atoms with Gasteiger partial charge >= 0.3 is 5.97 Å². The highest BCUT2D eigenvalue weighted by atomic mass is 32.2. The predicted octanol–water partition coefficient (Wildman–Crippen LogP) is 0.901. The number of thioether (sulfide) groups is 1. The van der Waals surface area contributed by atoms with Gasteiger partial charge in [-0.3, -0.25) is 4.79 Å². The fraction of sp³-hybridized carbons (Fsp3) is 0.889. The molecule has 0 saturated carbocycles. The van der Waals surface area contributed by atoms with Gasteiger partial charge in [-0.1, -0.05) is 0 Å². The number of nitrogens with zero attached hydrogens (tertiary/aromatic N) is 2. The minimum Gasteiger partial charge on any atom is -0.481 e. The Labute approximate surface area is 117 Å². The minimum absolute atomic E-state index is 0.230. The van der Waals surface area contributed by atoms with E-state index in [1.165, 1.54) is 11.8 Å². The van der Waals surface area contributed by atoms with Crippen molar-refractivity contribution in [1.29, 1.82) is 0 Å². The molecular weight excluding hydrogens is 296 g/mol. The fourth-order valence-electron chi connectivity index (χ4n) is 1.99. The molecule has 1 rings (SSSR count). The Hall–Kier alpha value is -1.78. The number of carboxylic acids is 1. The molecule has 1 fully saturated rings. The van der Waals surface area contributed by atoms with Crippen molar-refractivity contribution < 1.29 is 29.7 Å². The number of carboxylic acid groups (broad SMARTS) is 1. The molecule has 10 nitrogen and oxygen atoms in total. The number of hydrogen-bond donors (Lipinski definition) is 1. The Morgan fingerprint density at radius 3 is 2.45 bits per heavy atom. The summed E-state index contributed by atoms with van der Waals surface area (Å²) in [7, 11) is 0. The van der Waals surface area contributed by atoms with Crippen molar-refractivity contribution >= 4 is 17.7 Å². The number of rotatable bonds is 9. The lowest BCUT2D eigenvalue weighted by Crippen LogP contribution is -2.41. The summed E-state index contributed by atoms with van der Waals surface area (Å²) in [6, 6.07) is 0. The SMILES string of the molecule is O=C(O)CCC(O[N+](=O)[O-])C(O[N+](=O)[O-])C1CCCS1. The summed E-state index contributed by atoms with van der Waals surface area (Å²) in [5.74, 6) is -0.396. The highest BCUT2D eigenvalue weighted by Gasteiger charge is 2.37. The van der Waals surface area contributed by atoms with Gasteiger partial charge in [-0.2, -0.15) is 11.8 Å². The van der Waals surface area contributed by atoms with Crippen molar-refractivity contribution in [1.82, 2.24) is 0 Å². The number of hydrogen-bond acceptors (Lipinski definition) is 8. The quantitative estimate of drug-likeness (QED) is 0.485. The van der Waals surface area contributed by atoms with Gasteiger partial charge in [-0.25, -0.2) is 0 Å². The van der Waals surface area contributed by atoms with Crippen molar-refractivity contribution in [2.75, 3.05) is 5.75 Å². The van der Waals surface area contributed by atoms with Crippen LogP contribution in [0.4, 0.5) is 0 Å². The van der Waals surface area contributed by atoms with E-state index >= 15 is 0 Å². The van der Waals surface area contributed by atoms with Crippen molar-refractivity contribution in [3.63, 3.8) is 0 Å². The first-order valence-electron chi connectivity index (χ1n) is 5.86. The zero-order chi connectivity index (χ0) is 15.1. The summed E-state index contributed by atoms with van der Waals surface area (Å²) in [5, 5.41) is 27.2. The first kappa shape index (κ1) is 16.3. The van der Waals surface area contributed by atoms with E-state index in [9.17, 15) is 25.0 Å². The van der Waals surface area contributed by atoms with Gasteiger partial charge in [0.05, 0.1) is 0 Å². The van der Waals surface area contributed by atoms with Crippen molar-refractivity contribution in [2.45, 2.75) is 43.1 Å². The molecule has 0 aromatic rings. The molecule has 0 radical (unpaired) electrons. The molecule has 3 atom stereocenters. The van der Waals surface area contributed by atoms with Gasteiger partial charge in [0.1, 0.15) is 12.2 Å². The van der Waals surface area contributed by atoms with Gasteiger partial charge in [0.15, 0.2) is 0 Å². The van der Waals surface area contributed by atoms with E-state index in [1.54, 1.807) is 0 Å². The largest absolute Gasteiger partial charge is 0.481 e. The van der Waals surface area contributed by atoms with E-state index in [0.717, 1.165) is 12.2 Å². The van der Waals surface area contributed by atoms with Crippen LogP contribution in [-0.4, -0.2) is 44.5 Å². The van der Waals surface area contributed by atoms with Crippen LogP contribution in [0.1, 0.15) is 25.7 Å². The molecule has 20 heavy (non-hydrogen) atoms. The number of aliphatic carboxylic acids is 1. The van der Waals surface area contributed by atoms with Gasteiger partial charge in [-0.15, -0.1) is 20.2 Å². The van der Waals surface area contributed by atoms with E-state index < -0.39 is 34.8 Å². The summed E-state index contributed by atoms with van der Waals surface area (Å²) in [5.41, 5.74) is 0. The van der Waals surface area contributed by atoms with Gasteiger partial charge in [-0.05, 0) is 25.0 Å². The molecule has 114 valence electrons. The van der Waals surface area contributed by atoms with E-state index in [1.807, 2.05) is 0 Å². The molecule has 1 aliphatic rings. The summed E-state index contributed by atoms with van der Waals surface area (Å²) in [6.07, 6.45) is -1.63. The van der Waals surface area contributed by atoms with Crippen LogP contribution < -0.4 is 0 Å². The molecule has 1 heterocycles. The van der Waals surface area contributed by atoms with E-state index in [4.69, 9.17) is 5.11 Å². The van der Waals surface area contributed by atoms with Gasteiger partial charge in [0.2, 0.25) is 0 Å². The maximum Gasteiger partial charge on any atom is 0.303 e. The van der Waals surface area contributed by atoms with Gasteiger partial charge < -0.3 is 14.8 Å². The zero-order valence-corrected chi connectivity index (χ0v) is 11.2. The summed E-state index contributed by atoms with van der Waals surface area (Å²) < 4.78 is 0. The molecule has 1 aliphatic heterocycles. The topological polar surface area (TPSA) is 142 Å². The van der Waals surface area contributed by atoms with E-state index in [2.05, 4.69) is 9.68 Å². The second kappa shape index (κ2) is 7.72. The van der Waals surface area contributed by atoms with Crippen molar-refractivity contribution in [3.8, 4) is 0 Å². The first-order valence-corrected chi connectivity index (χ1v) is 6.90. The molecule has 1 saturated heterocycles. The Morgan fingerprint density at radius 1 is 1.35 bits per heavy atom. The summed E-state index contributed by atoms with van der Waals surface area (Å²) in [6.45, 7) is 0. The van der Waals surface area contributed by atoms with E-state index in [-0.39, 0.29) is 11.7 Å². The third-order valence-electron chi connectivity index (χ3n) is 2.77. The van der Waals surface area contributed by atoms with Crippen LogP contribution in [0.15, 0.2) is 0 Å². The lowest BCUT2D eigenvalue weighted by Gasteiger charge is -2.27.